The molecule has 1 amide bonds. The van der Waals surface area contributed by atoms with Crippen molar-refractivity contribution in [1.82, 2.24) is 5.16 Å². The minimum Gasteiger partial charge on any atom is -0.449 e. The molecule has 0 saturated heterocycles. The molecule has 9 nitrogen and oxygen atoms in total. The molecule has 33 heavy (non-hydrogen) atoms. The van der Waals surface area contributed by atoms with Crippen LogP contribution in [0.4, 0.5) is 11.5 Å². The largest absolute Gasteiger partial charge is 0.449 e. The maximum absolute atomic E-state index is 13.0. The van der Waals surface area contributed by atoms with Gasteiger partial charge in [-0.15, -0.1) is 0 Å². The van der Waals surface area contributed by atoms with Crippen LogP contribution in [-0.2, 0) is 26.0 Å². The standard InChI is InChI=1S/C23H23N3O6S/c1-15-13-21(24-32-15)25-33(29,30)19-10-5-8-18(14-19)23(28)31-16(2)22(27)26-12-6-9-17-7-3-4-11-20(17)26/h3-5,7-8,10-11,13-14,16H,6,9,12H2,1-2H3,(H,24,25)/t16-/m0/s1. The Bertz CT molecular complexity index is 1300. The van der Waals surface area contributed by atoms with Crippen molar-refractivity contribution in [3.8, 4) is 0 Å². The van der Waals surface area contributed by atoms with Crippen molar-refractivity contribution in [3.05, 3.63) is 71.5 Å². The van der Waals surface area contributed by atoms with Crippen LogP contribution in [0.3, 0.4) is 0 Å². The van der Waals surface area contributed by atoms with Gasteiger partial charge in [-0.05, 0) is 56.5 Å². The van der Waals surface area contributed by atoms with E-state index in [4.69, 9.17) is 9.26 Å². The van der Waals surface area contributed by atoms with Crippen LogP contribution in [-0.4, -0.2) is 38.1 Å². The first-order chi connectivity index (χ1) is 15.7. The van der Waals surface area contributed by atoms with E-state index in [9.17, 15) is 18.0 Å². The third kappa shape index (κ3) is 4.90. The van der Waals surface area contributed by atoms with E-state index in [2.05, 4.69) is 9.88 Å². The Morgan fingerprint density at radius 1 is 1.15 bits per heavy atom. The smallest absolute Gasteiger partial charge is 0.338 e. The van der Waals surface area contributed by atoms with E-state index < -0.39 is 22.1 Å². The topological polar surface area (TPSA) is 119 Å². The lowest BCUT2D eigenvalue weighted by Gasteiger charge is -2.31. The predicted molar refractivity (Wildman–Crippen MR) is 120 cm³/mol. The number of hydrogen-bond donors (Lipinski definition) is 1. The molecule has 0 bridgehead atoms. The number of aryl methyl sites for hydroxylation is 2. The summed E-state index contributed by atoms with van der Waals surface area (Å²) in [4.78, 5) is 27.2. The first-order valence-corrected chi connectivity index (χ1v) is 11.9. The summed E-state index contributed by atoms with van der Waals surface area (Å²) >= 11 is 0. The van der Waals surface area contributed by atoms with Crippen molar-refractivity contribution in [2.75, 3.05) is 16.2 Å². The van der Waals surface area contributed by atoms with Crippen LogP contribution in [0.1, 0.15) is 35.0 Å². The van der Waals surface area contributed by atoms with Gasteiger partial charge in [-0.25, -0.2) is 13.2 Å². The molecule has 172 valence electrons. The second-order valence-electron chi connectivity index (χ2n) is 7.73. The average molecular weight is 470 g/mol. The normalized spacial score (nSPS) is 14.3. The van der Waals surface area contributed by atoms with Crippen LogP contribution < -0.4 is 9.62 Å². The molecule has 1 aliphatic rings. The van der Waals surface area contributed by atoms with Crippen molar-refractivity contribution in [3.63, 3.8) is 0 Å². The Morgan fingerprint density at radius 2 is 1.94 bits per heavy atom. The lowest BCUT2D eigenvalue weighted by molar-refractivity contribution is -0.126. The quantitative estimate of drug-likeness (QED) is 0.550. The maximum Gasteiger partial charge on any atom is 0.338 e. The number of amides is 1. The molecular weight excluding hydrogens is 446 g/mol. The molecule has 0 fully saturated rings. The van der Waals surface area contributed by atoms with Gasteiger partial charge < -0.3 is 14.2 Å². The molecule has 0 aliphatic carbocycles. The summed E-state index contributed by atoms with van der Waals surface area (Å²) in [6, 6.07) is 14.4. The fraction of sp³-hybridized carbons (Fsp3) is 0.261. The Balaban J connectivity index is 1.47. The number of carbonyl (C=O) groups is 2. The molecule has 1 N–H and O–H groups in total. The molecule has 4 rings (SSSR count). The molecule has 1 aromatic heterocycles. The van der Waals surface area contributed by atoms with Crippen LogP contribution in [0.25, 0.3) is 0 Å². The Kier molecular flexibility index (Phi) is 6.19. The lowest BCUT2D eigenvalue weighted by atomic mass is 10.0. The van der Waals surface area contributed by atoms with Crippen LogP contribution in [0.5, 0.6) is 0 Å². The van der Waals surface area contributed by atoms with Gasteiger partial charge >= 0.3 is 5.97 Å². The molecule has 1 atom stereocenters. The number of nitrogens with zero attached hydrogens (tertiary/aromatic N) is 2. The molecule has 2 aromatic carbocycles. The zero-order valence-electron chi connectivity index (χ0n) is 18.1. The number of ether oxygens (including phenoxy) is 1. The molecule has 0 radical (unpaired) electrons. The Hall–Kier alpha value is -3.66. The van der Waals surface area contributed by atoms with E-state index in [0.717, 1.165) is 24.1 Å². The molecule has 0 spiro atoms. The van der Waals surface area contributed by atoms with Crippen molar-refractivity contribution in [2.45, 2.75) is 37.7 Å². The summed E-state index contributed by atoms with van der Waals surface area (Å²) in [6.07, 6.45) is 0.666. The van der Waals surface area contributed by atoms with Gasteiger partial charge in [-0.2, -0.15) is 0 Å². The van der Waals surface area contributed by atoms with Gasteiger partial charge in [0.1, 0.15) is 5.76 Å². The van der Waals surface area contributed by atoms with Crippen LogP contribution in [0.2, 0.25) is 0 Å². The first-order valence-electron chi connectivity index (χ1n) is 10.4. The van der Waals surface area contributed by atoms with E-state index in [1.807, 2.05) is 24.3 Å². The molecule has 0 saturated carbocycles. The van der Waals surface area contributed by atoms with Gasteiger partial charge in [-0.1, -0.05) is 29.4 Å². The van der Waals surface area contributed by atoms with Gasteiger partial charge in [0.2, 0.25) is 0 Å². The molecule has 3 aromatic rings. The highest BCUT2D eigenvalue weighted by molar-refractivity contribution is 7.92. The molecule has 10 heteroatoms. The zero-order chi connectivity index (χ0) is 23.6. The number of nitrogens with one attached hydrogen (secondary N) is 1. The summed E-state index contributed by atoms with van der Waals surface area (Å²) < 4.78 is 37.8. The van der Waals surface area contributed by atoms with Gasteiger partial charge in [0.25, 0.3) is 15.9 Å². The van der Waals surface area contributed by atoms with Crippen LogP contribution in [0.15, 0.2) is 64.0 Å². The summed E-state index contributed by atoms with van der Waals surface area (Å²) in [5.74, 6) is -0.653. The number of rotatable bonds is 6. The second kappa shape index (κ2) is 9.07. The number of para-hydroxylation sites is 1. The summed E-state index contributed by atoms with van der Waals surface area (Å²) in [5, 5.41) is 3.60. The highest BCUT2D eigenvalue weighted by Gasteiger charge is 2.29. The number of anilines is 2. The number of carbonyl (C=O) groups excluding carboxylic acids is 2. The molecule has 0 unspecified atom stereocenters. The van der Waals surface area contributed by atoms with E-state index >= 15 is 0 Å². The Labute approximate surface area is 191 Å². The lowest BCUT2D eigenvalue weighted by Crippen LogP contribution is -2.42. The van der Waals surface area contributed by atoms with E-state index in [1.165, 1.54) is 37.3 Å². The molecular formula is C23H23N3O6S. The molecule has 2 heterocycles. The van der Waals surface area contributed by atoms with Crippen molar-refractivity contribution >= 4 is 33.4 Å². The van der Waals surface area contributed by atoms with Crippen molar-refractivity contribution in [2.24, 2.45) is 0 Å². The van der Waals surface area contributed by atoms with Gasteiger partial charge in [0, 0.05) is 18.3 Å². The fourth-order valence-electron chi connectivity index (χ4n) is 3.66. The summed E-state index contributed by atoms with van der Waals surface area (Å²) in [5.41, 5.74) is 1.90. The average Bonchev–Trinajstić information content (AvgIpc) is 3.21. The van der Waals surface area contributed by atoms with Gasteiger partial charge in [0.15, 0.2) is 11.9 Å². The summed E-state index contributed by atoms with van der Waals surface area (Å²) in [6.45, 7) is 3.68. The third-order valence-electron chi connectivity index (χ3n) is 5.25. The molecule has 1 aliphatic heterocycles. The number of hydrogen-bond acceptors (Lipinski definition) is 7. The van der Waals surface area contributed by atoms with Crippen LogP contribution >= 0.6 is 0 Å². The highest BCUT2D eigenvalue weighted by atomic mass is 32.2. The Morgan fingerprint density at radius 3 is 2.70 bits per heavy atom. The predicted octanol–water partition coefficient (Wildman–Crippen LogP) is 3.31. The van der Waals surface area contributed by atoms with E-state index in [-0.39, 0.29) is 22.2 Å². The van der Waals surface area contributed by atoms with Crippen molar-refractivity contribution < 1.29 is 27.3 Å². The SMILES string of the molecule is Cc1cc(NS(=O)(=O)c2cccc(C(=O)O[C@@H](C)C(=O)N3CCCc4ccccc43)c2)no1. The second-order valence-corrected chi connectivity index (χ2v) is 9.41. The number of fused-ring (bicyclic) bond motifs is 1. The van der Waals surface area contributed by atoms with E-state index in [1.54, 1.807) is 11.8 Å². The number of sulfonamides is 1. The van der Waals surface area contributed by atoms with Gasteiger partial charge in [0.05, 0.1) is 10.5 Å². The van der Waals surface area contributed by atoms with E-state index in [0.29, 0.717) is 12.3 Å². The minimum atomic E-state index is -4.01. The number of benzene rings is 2. The maximum atomic E-state index is 13.0. The monoisotopic (exact) mass is 469 g/mol. The third-order valence-corrected chi connectivity index (χ3v) is 6.61. The highest BCUT2D eigenvalue weighted by Crippen LogP contribution is 2.27. The fourth-order valence-corrected chi connectivity index (χ4v) is 4.69. The first kappa shape index (κ1) is 22.5. The minimum absolute atomic E-state index is 0.00732. The van der Waals surface area contributed by atoms with Gasteiger partial charge in [-0.3, -0.25) is 9.52 Å². The van der Waals surface area contributed by atoms with Crippen LogP contribution in [0, 0.1) is 6.92 Å². The number of aromatic nitrogens is 1. The summed E-state index contributed by atoms with van der Waals surface area (Å²) in [7, 11) is -4.01. The number of esters is 1. The zero-order valence-corrected chi connectivity index (χ0v) is 19.0. The van der Waals surface area contributed by atoms with Crippen molar-refractivity contribution in [1.29, 1.82) is 0 Å².